The van der Waals surface area contributed by atoms with Gasteiger partial charge in [-0.3, -0.25) is 0 Å². The summed E-state index contributed by atoms with van der Waals surface area (Å²) in [5, 5.41) is 0. The Morgan fingerprint density at radius 1 is 0.630 bits per heavy atom. The standard InChI is InChI=1S/C26H34O/c1-19-3-7-21(8-4-19)23-11-15-25(16-12-23)27-26-17-13-24(14-18-26)22-9-5-20(2)6-10-22/h3-4,7-8,11-12,15-16,20,22,24,26H,5-6,9-10,13-14,17-18H2,1-2H3. The summed E-state index contributed by atoms with van der Waals surface area (Å²) in [7, 11) is 0. The van der Waals surface area contributed by atoms with E-state index in [2.05, 4.69) is 62.4 Å². The average Bonchev–Trinajstić information content (AvgIpc) is 2.71. The molecule has 0 unspecified atom stereocenters. The molecule has 27 heavy (non-hydrogen) atoms. The Morgan fingerprint density at radius 2 is 1.11 bits per heavy atom. The molecule has 0 spiro atoms. The average molecular weight is 363 g/mol. The first-order valence-electron chi connectivity index (χ1n) is 11.0. The molecule has 0 heterocycles. The summed E-state index contributed by atoms with van der Waals surface area (Å²) in [6, 6.07) is 17.4. The molecule has 0 aliphatic heterocycles. The maximum atomic E-state index is 6.32. The summed E-state index contributed by atoms with van der Waals surface area (Å²) >= 11 is 0. The van der Waals surface area contributed by atoms with Crippen molar-refractivity contribution in [3.63, 3.8) is 0 Å². The zero-order valence-corrected chi connectivity index (χ0v) is 17.0. The molecule has 2 aliphatic rings. The fraction of sp³-hybridized carbons (Fsp3) is 0.538. The third kappa shape index (κ3) is 4.75. The van der Waals surface area contributed by atoms with E-state index in [4.69, 9.17) is 4.74 Å². The Hall–Kier alpha value is -1.76. The van der Waals surface area contributed by atoms with E-state index in [1.807, 2.05) is 0 Å². The zero-order valence-electron chi connectivity index (χ0n) is 17.0. The second-order valence-corrected chi connectivity index (χ2v) is 9.06. The second kappa shape index (κ2) is 8.50. The summed E-state index contributed by atoms with van der Waals surface area (Å²) < 4.78 is 6.32. The van der Waals surface area contributed by atoms with Gasteiger partial charge in [-0.15, -0.1) is 0 Å². The first-order chi connectivity index (χ1) is 13.2. The van der Waals surface area contributed by atoms with E-state index in [1.54, 1.807) is 0 Å². The van der Waals surface area contributed by atoms with Crippen LogP contribution in [0.2, 0.25) is 0 Å². The summed E-state index contributed by atoms with van der Waals surface area (Å²) in [5.41, 5.74) is 3.84. The molecule has 2 saturated carbocycles. The maximum absolute atomic E-state index is 6.32. The predicted molar refractivity (Wildman–Crippen MR) is 114 cm³/mol. The number of ether oxygens (including phenoxy) is 1. The van der Waals surface area contributed by atoms with Gasteiger partial charge in [0.1, 0.15) is 5.75 Å². The number of hydrogen-bond acceptors (Lipinski definition) is 1. The maximum Gasteiger partial charge on any atom is 0.119 e. The number of aryl methyl sites for hydroxylation is 1. The molecule has 4 rings (SSSR count). The van der Waals surface area contributed by atoms with Gasteiger partial charge in [0.05, 0.1) is 6.10 Å². The quantitative estimate of drug-likeness (QED) is 0.549. The normalized spacial score (nSPS) is 28.7. The van der Waals surface area contributed by atoms with E-state index >= 15 is 0 Å². The molecule has 0 bridgehead atoms. The van der Waals surface area contributed by atoms with E-state index in [-0.39, 0.29) is 0 Å². The minimum absolute atomic E-state index is 0.411. The molecule has 1 nitrogen and oxygen atoms in total. The first-order valence-corrected chi connectivity index (χ1v) is 11.0. The number of benzene rings is 2. The lowest BCUT2D eigenvalue weighted by atomic mass is 9.71. The molecule has 0 radical (unpaired) electrons. The lowest BCUT2D eigenvalue weighted by Gasteiger charge is -2.37. The highest BCUT2D eigenvalue weighted by Crippen LogP contribution is 2.40. The van der Waals surface area contributed by atoms with E-state index in [0.29, 0.717) is 6.10 Å². The van der Waals surface area contributed by atoms with Gasteiger partial charge in [-0.2, -0.15) is 0 Å². The molecule has 0 atom stereocenters. The summed E-state index contributed by atoms with van der Waals surface area (Å²) in [4.78, 5) is 0. The topological polar surface area (TPSA) is 9.23 Å². The molecule has 2 fully saturated rings. The van der Waals surface area contributed by atoms with Crippen molar-refractivity contribution in [1.29, 1.82) is 0 Å². The third-order valence-electron chi connectivity index (χ3n) is 6.99. The van der Waals surface area contributed by atoms with Crippen LogP contribution in [0.5, 0.6) is 5.75 Å². The van der Waals surface area contributed by atoms with Gasteiger partial charge in [0, 0.05) is 0 Å². The van der Waals surface area contributed by atoms with E-state index < -0.39 is 0 Å². The molecule has 144 valence electrons. The van der Waals surface area contributed by atoms with Crippen LogP contribution in [-0.2, 0) is 0 Å². The van der Waals surface area contributed by atoms with Crippen molar-refractivity contribution in [2.45, 2.75) is 71.3 Å². The van der Waals surface area contributed by atoms with Gasteiger partial charge in [-0.1, -0.05) is 61.7 Å². The van der Waals surface area contributed by atoms with Crippen LogP contribution >= 0.6 is 0 Å². The molecule has 1 heteroatoms. The van der Waals surface area contributed by atoms with Crippen molar-refractivity contribution in [2.24, 2.45) is 17.8 Å². The van der Waals surface area contributed by atoms with E-state index in [0.717, 1.165) is 23.5 Å². The first kappa shape index (κ1) is 18.6. The molecule has 0 saturated heterocycles. The molecule has 2 aromatic carbocycles. The van der Waals surface area contributed by atoms with Gasteiger partial charge >= 0.3 is 0 Å². The largest absolute Gasteiger partial charge is 0.490 e. The minimum Gasteiger partial charge on any atom is -0.490 e. The van der Waals surface area contributed by atoms with Crippen molar-refractivity contribution in [3.05, 3.63) is 54.1 Å². The molecule has 2 aromatic rings. The van der Waals surface area contributed by atoms with Crippen molar-refractivity contribution in [3.8, 4) is 16.9 Å². The fourth-order valence-electron chi connectivity index (χ4n) is 5.10. The summed E-state index contributed by atoms with van der Waals surface area (Å²) in [5.74, 6) is 3.95. The van der Waals surface area contributed by atoms with Gasteiger partial charge in [0.25, 0.3) is 0 Å². The third-order valence-corrected chi connectivity index (χ3v) is 6.99. The summed E-state index contributed by atoms with van der Waals surface area (Å²) in [6.45, 7) is 4.55. The summed E-state index contributed by atoms with van der Waals surface area (Å²) in [6.07, 6.45) is 11.5. The van der Waals surface area contributed by atoms with Crippen LogP contribution in [0.3, 0.4) is 0 Å². The minimum atomic E-state index is 0.411. The monoisotopic (exact) mass is 362 g/mol. The second-order valence-electron chi connectivity index (χ2n) is 9.06. The highest BCUT2D eigenvalue weighted by molar-refractivity contribution is 5.64. The smallest absolute Gasteiger partial charge is 0.119 e. The van der Waals surface area contributed by atoms with Crippen molar-refractivity contribution in [2.75, 3.05) is 0 Å². The van der Waals surface area contributed by atoms with Crippen LogP contribution in [-0.4, -0.2) is 6.10 Å². The number of hydrogen-bond donors (Lipinski definition) is 0. The predicted octanol–water partition coefficient (Wildman–Crippen LogP) is 7.43. The van der Waals surface area contributed by atoms with Crippen molar-refractivity contribution in [1.82, 2.24) is 0 Å². The van der Waals surface area contributed by atoms with Crippen LogP contribution in [0.4, 0.5) is 0 Å². The van der Waals surface area contributed by atoms with Crippen LogP contribution < -0.4 is 4.74 Å². The molecule has 0 aromatic heterocycles. The number of rotatable bonds is 4. The van der Waals surface area contributed by atoms with Gasteiger partial charge in [0.2, 0.25) is 0 Å². The molecule has 0 N–H and O–H groups in total. The molecular formula is C26H34O. The van der Waals surface area contributed by atoms with Gasteiger partial charge in [-0.05, 0) is 86.5 Å². The highest BCUT2D eigenvalue weighted by Gasteiger charge is 2.30. The SMILES string of the molecule is Cc1ccc(-c2ccc(OC3CCC(C4CCC(C)CC4)CC3)cc2)cc1. The lowest BCUT2D eigenvalue weighted by molar-refractivity contribution is 0.0937. The Bertz CT molecular complexity index is 699. The van der Waals surface area contributed by atoms with Gasteiger partial charge in [0.15, 0.2) is 0 Å². The lowest BCUT2D eigenvalue weighted by Crippen LogP contribution is -2.29. The van der Waals surface area contributed by atoms with Gasteiger partial charge in [-0.25, -0.2) is 0 Å². The Kier molecular flexibility index (Phi) is 5.86. The van der Waals surface area contributed by atoms with Crippen LogP contribution in [0.25, 0.3) is 11.1 Å². The molecule has 2 aliphatic carbocycles. The van der Waals surface area contributed by atoms with E-state index in [9.17, 15) is 0 Å². The van der Waals surface area contributed by atoms with Crippen LogP contribution in [0.15, 0.2) is 48.5 Å². The fourth-order valence-corrected chi connectivity index (χ4v) is 5.10. The Morgan fingerprint density at radius 3 is 1.67 bits per heavy atom. The Labute approximate surface area is 165 Å². The molecular weight excluding hydrogens is 328 g/mol. The van der Waals surface area contributed by atoms with Crippen molar-refractivity contribution >= 4 is 0 Å². The van der Waals surface area contributed by atoms with Crippen LogP contribution in [0.1, 0.15) is 63.9 Å². The van der Waals surface area contributed by atoms with E-state index in [1.165, 1.54) is 68.1 Å². The van der Waals surface area contributed by atoms with Crippen LogP contribution in [0, 0.1) is 24.7 Å². The molecule has 0 amide bonds. The zero-order chi connectivity index (χ0) is 18.6. The Balaban J connectivity index is 1.28. The highest BCUT2D eigenvalue weighted by atomic mass is 16.5. The van der Waals surface area contributed by atoms with Gasteiger partial charge < -0.3 is 4.74 Å². The van der Waals surface area contributed by atoms with Crippen molar-refractivity contribution < 1.29 is 4.74 Å².